The Bertz CT molecular complexity index is 2580. The lowest BCUT2D eigenvalue weighted by molar-refractivity contribution is 1.63. The van der Waals surface area contributed by atoms with E-state index in [1.807, 2.05) is 103 Å². The third-order valence-electron chi connectivity index (χ3n) is 7.66. The van der Waals surface area contributed by atoms with Gasteiger partial charge in [-0.25, -0.2) is 0 Å². The third-order valence-corrected chi connectivity index (χ3v) is 7.66. The van der Waals surface area contributed by atoms with Crippen LogP contribution in [0.4, 0.5) is 0 Å². The molecule has 186 valence electrons. The van der Waals surface area contributed by atoms with Gasteiger partial charge in [0.2, 0.25) is 0 Å². The minimum absolute atomic E-state index is 0.0356. The first-order chi connectivity index (χ1) is 22.8. The van der Waals surface area contributed by atoms with E-state index in [9.17, 15) is 6.85 Å². The topological polar surface area (TPSA) is 0 Å². The molecular weight excluding hydrogens is 480 g/mol. The predicted octanol–water partition coefficient (Wildman–Crippen LogP) is 11.3. The van der Waals surface area contributed by atoms with Crippen LogP contribution in [0.2, 0.25) is 0 Å². The van der Waals surface area contributed by atoms with Gasteiger partial charge >= 0.3 is 0 Å². The average Bonchev–Trinajstić information content (AvgIpc) is 3.11. The molecule has 8 rings (SSSR count). The van der Waals surface area contributed by atoms with Gasteiger partial charge in [0, 0.05) is 0 Å². The van der Waals surface area contributed by atoms with E-state index in [2.05, 4.69) is 12.1 Å². The molecule has 40 heavy (non-hydrogen) atoms. The van der Waals surface area contributed by atoms with Gasteiger partial charge in [-0.15, -0.1) is 0 Å². The SMILES string of the molecule is [2H]c1c([2H])c([2H])c2c(-c3ccccc3)c3c([2H])c(-c4ccccc4)c([2H])c([2H])c3c(-c3ccc4c(ccc5ccccc54)c3)c2c1[2H]. The summed E-state index contributed by atoms with van der Waals surface area (Å²) in [6, 6.07) is 35.2. The maximum atomic E-state index is 9.69. The first kappa shape index (κ1) is 16.7. The molecule has 0 radical (unpaired) electrons. The van der Waals surface area contributed by atoms with Crippen LogP contribution in [0.15, 0.2) is 158 Å². The first-order valence-electron chi connectivity index (χ1n) is 16.8. The molecule has 8 aromatic carbocycles. The Labute approximate surface area is 243 Å². The molecule has 0 amide bonds. The normalized spacial score (nSPS) is 13.9. The monoisotopic (exact) mass is 513 g/mol. The lowest BCUT2D eigenvalue weighted by atomic mass is 9.84. The Hall–Kier alpha value is -5.20. The molecule has 0 fully saturated rings. The van der Waals surface area contributed by atoms with E-state index in [1.54, 1.807) is 0 Å². The summed E-state index contributed by atoms with van der Waals surface area (Å²) in [6.45, 7) is 0. The van der Waals surface area contributed by atoms with E-state index in [4.69, 9.17) is 2.74 Å². The second-order valence-corrected chi connectivity index (χ2v) is 9.95. The fraction of sp³-hybridized carbons (Fsp3) is 0. The number of hydrogen-bond acceptors (Lipinski definition) is 0. The van der Waals surface area contributed by atoms with Gasteiger partial charge in [0.05, 0.1) is 9.60 Å². The molecule has 0 atom stereocenters. The van der Waals surface area contributed by atoms with Crippen molar-refractivity contribution in [3.8, 4) is 33.4 Å². The van der Waals surface area contributed by atoms with Crippen LogP contribution in [0, 0.1) is 0 Å². The Morgan fingerprint density at radius 2 is 0.950 bits per heavy atom. The highest BCUT2D eigenvalue weighted by atomic mass is 14.2. The van der Waals surface area contributed by atoms with Crippen molar-refractivity contribution in [2.75, 3.05) is 0 Å². The standard InChI is InChI=1S/C40H26/c1-3-11-27(12-4-1)30-21-24-37-38(26-30)39(29-14-5-2-6-15-29)35-17-9-10-18-36(35)40(37)32-22-23-34-31(25-32)20-19-28-13-7-8-16-33(28)34/h1-26H/i9D,10D,17D,18D,21D,24D,26D. The highest BCUT2D eigenvalue weighted by molar-refractivity contribution is 6.22. The van der Waals surface area contributed by atoms with Gasteiger partial charge < -0.3 is 0 Å². The van der Waals surface area contributed by atoms with Crippen LogP contribution in [0.25, 0.3) is 76.5 Å². The van der Waals surface area contributed by atoms with Crippen molar-refractivity contribution in [2.45, 2.75) is 0 Å². The van der Waals surface area contributed by atoms with Crippen LogP contribution in [0.5, 0.6) is 0 Å². The highest BCUT2D eigenvalue weighted by Gasteiger charge is 2.17. The Kier molecular flexibility index (Phi) is 3.85. The fourth-order valence-corrected chi connectivity index (χ4v) is 5.82. The van der Waals surface area contributed by atoms with E-state index in [-0.39, 0.29) is 53.1 Å². The van der Waals surface area contributed by atoms with Gasteiger partial charge in [-0.05, 0) is 88.6 Å². The lowest BCUT2D eigenvalue weighted by Gasteiger charge is -2.19. The van der Waals surface area contributed by atoms with Gasteiger partial charge in [-0.2, -0.15) is 0 Å². The molecule has 0 N–H and O–H groups in total. The maximum Gasteiger partial charge on any atom is 0.0636 e. The summed E-state index contributed by atoms with van der Waals surface area (Å²) in [6.07, 6.45) is 0. The molecule has 0 saturated carbocycles. The highest BCUT2D eigenvalue weighted by Crippen LogP contribution is 2.45. The molecule has 0 unspecified atom stereocenters. The second-order valence-electron chi connectivity index (χ2n) is 9.95. The van der Waals surface area contributed by atoms with Gasteiger partial charge in [0.25, 0.3) is 0 Å². The predicted molar refractivity (Wildman–Crippen MR) is 173 cm³/mol. The van der Waals surface area contributed by atoms with Crippen LogP contribution in [-0.2, 0) is 0 Å². The second kappa shape index (κ2) is 9.22. The van der Waals surface area contributed by atoms with E-state index in [0.29, 0.717) is 44.2 Å². The summed E-state index contributed by atoms with van der Waals surface area (Å²) >= 11 is 0. The average molecular weight is 514 g/mol. The summed E-state index contributed by atoms with van der Waals surface area (Å²) in [5, 5.41) is 5.39. The van der Waals surface area contributed by atoms with Crippen molar-refractivity contribution >= 4 is 43.1 Å². The zero-order chi connectivity index (χ0) is 32.6. The van der Waals surface area contributed by atoms with Crippen LogP contribution in [0.3, 0.4) is 0 Å². The quantitative estimate of drug-likeness (QED) is 0.163. The number of rotatable bonds is 3. The number of benzene rings is 8. The Balaban J connectivity index is 1.65. The molecule has 0 bridgehead atoms. The summed E-state index contributed by atoms with van der Waals surface area (Å²) in [5.41, 5.74) is 3.11. The molecule has 0 nitrogen and oxygen atoms in total. The summed E-state index contributed by atoms with van der Waals surface area (Å²) in [5.74, 6) is 0. The van der Waals surface area contributed by atoms with Gasteiger partial charge in [0.15, 0.2) is 0 Å². The molecule has 0 aliphatic heterocycles. The molecule has 0 spiro atoms. The minimum atomic E-state index is -0.376. The molecule has 8 aromatic rings. The summed E-state index contributed by atoms with van der Waals surface area (Å²) in [4.78, 5) is 0. The molecule has 0 aromatic heterocycles. The van der Waals surface area contributed by atoms with Crippen LogP contribution in [0.1, 0.15) is 9.60 Å². The molecule has 0 aliphatic rings. The lowest BCUT2D eigenvalue weighted by Crippen LogP contribution is -1.92. The van der Waals surface area contributed by atoms with Gasteiger partial charge in [0.1, 0.15) is 0 Å². The van der Waals surface area contributed by atoms with Crippen molar-refractivity contribution < 1.29 is 9.60 Å². The molecule has 0 heterocycles. The van der Waals surface area contributed by atoms with Crippen LogP contribution < -0.4 is 0 Å². The maximum absolute atomic E-state index is 9.69. The van der Waals surface area contributed by atoms with E-state index in [0.717, 1.165) is 21.5 Å². The third kappa shape index (κ3) is 3.61. The zero-order valence-corrected chi connectivity index (χ0v) is 21.5. The van der Waals surface area contributed by atoms with E-state index >= 15 is 0 Å². The Morgan fingerprint density at radius 3 is 1.73 bits per heavy atom. The minimum Gasteiger partial charge on any atom is -0.0622 e. The van der Waals surface area contributed by atoms with Gasteiger partial charge in [-0.3, -0.25) is 0 Å². The van der Waals surface area contributed by atoms with Crippen LogP contribution in [-0.4, -0.2) is 0 Å². The first-order valence-corrected chi connectivity index (χ1v) is 13.3. The summed E-state index contributed by atoms with van der Waals surface area (Å²) in [7, 11) is 0. The zero-order valence-electron chi connectivity index (χ0n) is 28.5. The molecule has 0 saturated heterocycles. The van der Waals surface area contributed by atoms with Crippen LogP contribution >= 0.6 is 0 Å². The number of hydrogen-bond donors (Lipinski definition) is 0. The smallest absolute Gasteiger partial charge is 0.0622 e. The number of fused-ring (bicyclic) bond motifs is 5. The Morgan fingerprint density at radius 1 is 0.350 bits per heavy atom. The van der Waals surface area contributed by atoms with Crippen molar-refractivity contribution in [1.82, 2.24) is 0 Å². The van der Waals surface area contributed by atoms with Crippen molar-refractivity contribution in [1.29, 1.82) is 0 Å². The van der Waals surface area contributed by atoms with Crippen molar-refractivity contribution in [3.05, 3.63) is 158 Å². The van der Waals surface area contributed by atoms with Gasteiger partial charge in [-0.1, -0.05) is 145 Å². The van der Waals surface area contributed by atoms with Crippen molar-refractivity contribution in [3.63, 3.8) is 0 Å². The van der Waals surface area contributed by atoms with Crippen molar-refractivity contribution in [2.24, 2.45) is 0 Å². The van der Waals surface area contributed by atoms with E-state index < -0.39 is 0 Å². The van der Waals surface area contributed by atoms with E-state index in [1.165, 1.54) is 0 Å². The molecular formula is C40H26. The molecule has 0 heteroatoms. The fourth-order valence-electron chi connectivity index (χ4n) is 5.82. The molecule has 0 aliphatic carbocycles. The summed E-state index contributed by atoms with van der Waals surface area (Å²) < 4.78 is 64.3. The largest absolute Gasteiger partial charge is 0.0636 e.